The number of amides is 1. The molecule has 28 heavy (non-hydrogen) atoms. The van der Waals surface area contributed by atoms with Gasteiger partial charge in [0.15, 0.2) is 0 Å². The van der Waals surface area contributed by atoms with Crippen LogP contribution < -0.4 is 5.32 Å². The lowest BCUT2D eigenvalue weighted by atomic mass is 9.94. The molecule has 0 heterocycles. The van der Waals surface area contributed by atoms with Gasteiger partial charge in [0.05, 0.1) is 0 Å². The van der Waals surface area contributed by atoms with Gasteiger partial charge in [-0.05, 0) is 42.9 Å². The smallest absolute Gasteiger partial charge is 0.280 e. The molecule has 1 N–H and O–H groups in total. The Hall–Kier alpha value is -0.960. The Morgan fingerprint density at radius 3 is 1.79 bits per heavy atom. The second-order valence-corrected chi connectivity index (χ2v) is 8.52. The molecule has 3 heteroatoms. The molecule has 0 spiro atoms. The minimum absolute atomic E-state index is 0.270. The number of thiol groups is 1. The highest BCUT2D eigenvalue weighted by Crippen LogP contribution is 2.25. The zero-order chi connectivity index (χ0) is 20.5. The van der Waals surface area contributed by atoms with E-state index in [0.29, 0.717) is 0 Å². The number of hydrogen-bond acceptors (Lipinski definition) is 1. The lowest BCUT2D eigenvalue weighted by Gasteiger charge is -2.15. The van der Waals surface area contributed by atoms with E-state index in [1.165, 1.54) is 101 Å². The number of anilines is 1. The number of aryl methyl sites for hydroxylation is 1. The van der Waals surface area contributed by atoms with Gasteiger partial charge in [-0.1, -0.05) is 116 Å². The molecule has 0 atom stereocenters. The van der Waals surface area contributed by atoms with Crippen molar-refractivity contribution in [2.45, 2.75) is 117 Å². The van der Waals surface area contributed by atoms with Crippen molar-refractivity contribution in [1.29, 1.82) is 0 Å². The van der Waals surface area contributed by atoms with Crippen LogP contribution in [0.1, 0.15) is 115 Å². The lowest BCUT2D eigenvalue weighted by molar-refractivity contribution is 0.270. The first-order chi connectivity index (χ1) is 13.7. The third-order valence-electron chi connectivity index (χ3n) is 5.59. The molecule has 0 aliphatic carbocycles. The normalized spacial score (nSPS) is 11.0. The third-order valence-corrected chi connectivity index (χ3v) is 5.71. The summed E-state index contributed by atoms with van der Waals surface area (Å²) in [4.78, 5) is 11.5. The Morgan fingerprint density at radius 2 is 1.25 bits per heavy atom. The number of hydrogen-bond donors (Lipinski definition) is 2. The van der Waals surface area contributed by atoms with Gasteiger partial charge in [0.2, 0.25) is 0 Å². The predicted molar refractivity (Wildman–Crippen MR) is 128 cm³/mol. The van der Waals surface area contributed by atoms with E-state index in [2.05, 4.69) is 43.9 Å². The highest BCUT2D eigenvalue weighted by molar-refractivity contribution is 7.96. The molecule has 0 saturated heterocycles. The van der Waals surface area contributed by atoms with Crippen molar-refractivity contribution in [3.05, 3.63) is 29.3 Å². The molecule has 0 aliphatic heterocycles. The summed E-state index contributed by atoms with van der Waals surface area (Å²) < 4.78 is 0. The van der Waals surface area contributed by atoms with Gasteiger partial charge in [0.1, 0.15) is 0 Å². The van der Waals surface area contributed by atoms with E-state index in [9.17, 15) is 4.79 Å². The SMILES string of the molecule is CCCCCCCCCc1cccc(NC(=O)S)c1CCCCCCCCC. The molecule has 2 nitrogen and oxygen atoms in total. The first-order valence-electron chi connectivity index (χ1n) is 11.8. The van der Waals surface area contributed by atoms with Crippen molar-refractivity contribution in [2.75, 3.05) is 5.32 Å². The van der Waals surface area contributed by atoms with E-state index >= 15 is 0 Å². The molecule has 0 aromatic heterocycles. The van der Waals surface area contributed by atoms with Crippen molar-refractivity contribution in [3.8, 4) is 0 Å². The van der Waals surface area contributed by atoms with Gasteiger partial charge in [-0.3, -0.25) is 4.79 Å². The average Bonchev–Trinajstić information content (AvgIpc) is 2.67. The second kappa shape index (κ2) is 16.9. The summed E-state index contributed by atoms with van der Waals surface area (Å²) in [7, 11) is 0. The molecule has 0 unspecified atom stereocenters. The summed E-state index contributed by atoms with van der Waals surface area (Å²) in [6, 6.07) is 6.35. The van der Waals surface area contributed by atoms with Gasteiger partial charge in [-0.15, -0.1) is 0 Å². The first kappa shape index (κ1) is 25.1. The Kier molecular flexibility index (Phi) is 15.2. The Morgan fingerprint density at radius 1 is 0.750 bits per heavy atom. The maximum Gasteiger partial charge on any atom is 0.280 e. The maximum absolute atomic E-state index is 11.5. The van der Waals surface area contributed by atoms with Gasteiger partial charge in [-0.2, -0.15) is 0 Å². The highest BCUT2D eigenvalue weighted by atomic mass is 32.1. The molecule has 1 rings (SSSR count). The number of benzene rings is 1. The van der Waals surface area contributed by atoms with Gasteiger partial charge >= 0.3 is 0 Å². The monoisotopic (exact) mass is 405 g/mol. The van der Waals surface area contributed by atoms with Crippen molar-refractivity contribution >= 4 is 23.6 Å². The van der Waals surface area contributed by atoms with Crippen LogP contribution in [-0.2, 0) is 12.8 Å². The van der Waals surface area contributed by atoms with Crippen LogP contribution in [0.3, 0.4) is 0 Å². The average molecular weight is 406 g/mol. The molecule has 1 aromatic rings. The van der Waals surface area contributed by atoms with Gasteiger partial charge in [0, 0.05) is 5.69 Å². The molecule has 1 amide bonds. The first-order valence-corrected chi connectivity index (χ1v) is 12.2. The standard InChI is InChI=1S/C25H43NOS/c1-3-5-7-9-11-13-15-18-22-19-17-21-24(26-25(27)28)23(22)20-16-14-12-10-8-6-4-2/h17,19,21H,3-16,18,20H2,1-2H3,(H2,26,27,28). The number of unbranched alkanes of at least 4 members (excludes halogenated alkanes) is 12. The fourth-order valence-corrected chi connectivity index (χ4v) is 4.05. The molecule has 0 bridgehead atoms. The minimum atomic E-state index is -0.270. The molecule has 0 aliphatic rings. The maximum atomic E-state index is 11.5. The van der Waals surface area contributed by atoms with Gasteiger partial charge in [0.25, 0.3) is 5.24 Å². The van der Waals surface area contributed by atoms with E-state index in [4.69, 9.17) is 0 Å². The summed E-state index contributed by atoms with van der Waals surface area (Å²) in [5, 5.41) is 2.66. The molecule has 1 aromatic carbocycles. The van der Waals surface area contributed by atoms with Gasteiger partial charge < -0.3 is 5.32 Å². The lowest BCUT2D eigenvalue weighted by Crippen LogP contribution is -2.07. The second-order valence-electron chi connectivity index (χ2n) is 8.12. The largest absolute Gasteiger partial charge is 0.317 e. The zero-order valence-corrected chi connectivity index (χ0v) is 19.3. The summed E-state index contributed by atoms with van der Waals surface area (Å²) in [5.41, 5.74) is 3.72. The van der Waals surface area contributed by atoms with Crippen molar-refractivity contribution in [1.82, 2.24) is 0 Å². The molecule has 0 saturated carbocycles. The molecule has 0 fully saturated rings. The molecule has 0 radical (unpaired) electrons. The van der Waals surface area contributed by atoms with Crippen molar-refractivity contribution in [3.63, 3.8) is 0 Å². The van der Waals surface area contributed by atoms with Crippen LogP contribution in [0.25, 0.3) is 0 Å². The fraction of sp³-hybridized carbons (Fsp3) is 0.720. The quantitative estimate of drug-likeness (QED) is 0.197. The minimum Gasteiger partial charge on any atom is -0.317 e. The van der Waals surface area contributed by atoms with Crippen LogP contribution >= 0.6 is 12.6 Å². The third kappa shape index (κ3) is 11.8. The molecular weight excluding hydrogens is 362 g/mol. The fourth-order valence-electron chi connectivity index (χ4n) is 3.93. The number of carbonyl (C=O) groups is 1. The van der Waals surface area contributed by atoms with Crippen LogP contribution in [0, 0.1) is 0 Å². The van der Waals surface area contributed by atoms with Crippen LogP contribution in [0.4, 0.5) is 10.5 Å². The zero-order valence-electron chi connectivity index (χ0n) is 18.4. The topological polar surface area (TPSA) is 29.1 Å². The Labute approximate surface area is 179 Å². The van der Waals surface area contributed by atoms with E-state index in [1.54, 1.807) is 0 Å². The van der Waals surface area contributed by atoms with Crippen LogP contribution in [0.15, 0.2) is 18.2 Å². The van der Waals surface area contributed by atoms with Crippen LogP contribution in [0.2, 0.25) is 0 Å². The van der Waals surface area contributed by atoms with Gasteiger partial charge in [-0.25, -0.2) is 0 Å². The Bertz CT molecular complexity index is 529. The van der Waals surface area contributed by atoms with E-state index in [0.717, 1.165) is 18.5 Å². The van der Waals surface area contributed by atoms with E-state index in [1.807, 2.05) is 6.07 Å². The summed E-state index contributed by atoms with van der Waals surface area (Å²) in [5.74, 6) is 0. The van der Waals surface area contributed by atoms with Crippen molar-refractivity contribution < 1.29 is 4.79 Å². The Balaban J connectivity index is 2.51. The van der Waals surface area contributed by atoms with Crippen LogP contribution in [0.5, 0.6) is 0 Å². The highest BCUT2D eigenvalue weighted by Gasteiger charge is 2.10. The summed E-state index contributed by atoms with van der Waals surface area (Å²) in [6.07, 6.45) is 20.7. The molecule has 160 valence electrons. The van der Waals surface area contributed by atoms with E-state index in [-0.39, 0.29) is 5.24 Å². The van der Waals surface area contributed by atoms with Crippen molar-refractivity contribution in [2.24, 2.45) is 0 Å². The number of rotatable bonds is 17. The van der Waals surface area contributed by atoms with E-state index < -0.39 is 0 Å². The summed E-state index contributed by atoms with van der Waals surface area (Å²) in [6.45, 7) is 4.53. The number of carbonyl (C=O) groups excluding carboxylic acids is 1. The number of nitrogens with one attached hydrogen (secondary N) is 1. The molecular formula is C25H43NOS. The summed E-state index contributed by atoms with van der Waals surface area (Å²) >= 11 is 3.92. The van der Waals surface area contributed by atoms with Crippen LogP contribution in [-0.4, -0.2) is 5.24 Å². The predicted octanol–water partition coefficient (Wildman–Crippen LogP) is 8.73.